The molecule has 0 spiro atoms. The molecule has 0 aliphatic rings. The average Bonchev–Trinajstić information content (AvgIpc) is 2.96. The van der Waals surface area contributed by atoms with Crippen molar-refractivity contribution in [3.05, 3.63) is 40.3 Å². The predicted molar refractivity (Wildman–Crippen MR) is 104 cm³/mol. The fourth-order valence-corrected chi connectivity index (χ4v) is 3.49. The van der Waals surface area contributed by atoms with Gasteiger partial charge >= 0.3 is 11.9 Å². The predicted octanol–water partition coefficient (Wildman–Crippen LogP) is 4.22. The summed E-state index contributed by atoms with van der Waals surface area (Å²) < 4.78 is 10.1. The van der Waals surface area contributed by atoms with Crippen LogP contribution in [0.2, 0.25) is 0 Å². The molecule has 0 aliphatic heterocycles. The summed E-state index contributed by atoms with van der Waals surface area (Å²) in [6.45, 7) is 7.63. The molecular weight excluding hydrogens is 350 g/mol. The molecule has 0 aliphatic carbocycles. The largest absolute Gasteiger partial charge is 0.465 e. The van der Waals surface area contributed by atoms with Crippen LogP contribution in [-0.4, -0.2) is 25.7 Å². The van der Waals surface area contributed by atoms with Crippen LogP contribution in [0.4, 0.5) is 5.69 Å². The lowest BCUT2D eigenvalue weighted by atomic mass is 9.97. The Morgan fingerprint density at radius 1 is 1.23 bits per heavy atom. The molecule has 6 heteroatoms. The van der Waals surface area contributed by atoms with Crippen LogP contribution in [0.15, 0.2) is 24.3 Å². The summed E-state index contributed by atoms with van der Waals surface area (Å²) in [5, 5.41) is 0. The van der Waals surface area contributed by atoms with Crippen LogP contribution in [0.3, 0.4) is 0 Å². The Balaban J connectivity index is 2.19. The van der Waals surface area contributed by atoms with Crippen LogP contribution in [0.1, 0.15) is 41.6 Å². The van der Waals surface area contributed by atoms with E-state index in [-0.39, 0.29) is 18.5 Å². The second kappa shape index (κ2) is 7.91. The van der Waals surface area contributed by atoms with E-state index in [1.54, 1.807) is 6.07 Å². The first kappa shape index (κ1) is 20.0. The van der Waals surface area contributed by atoms with Crippen molar-refractivity contribution in [1.29, 1.82) is 0 Å². The van der Waals surface area contributed by atoms with E-state index < -0.39 is 5.41 Å². The van der Waals surface area contributed by atoms with Gasteiger partial charge in [0.05, 0.1) is 24.7 Å². The number of nitrogens with two attached hydrogens (primary N) is 1. The Morgan fingerprint density at radius 2 is 1.92 bits per heavy atom. The van der Waals surface area contributed by atoms with E-state index in [9.17, 15) is 9.59 Å². The number of hydrogen-bond donors (Lipinski definition) is 1. The van der Waals surface area contributed by atoms with E-state index in [4.69, 9.17) is 15.2 Å². The number of anilines is 1. The molecule has 26 heavy (non-hydrogen) atoms. The van der Waals surface area contributed by atoms with Gasteiger partial charge in [0.15, 0.2) is 0 Å². The number of thiophene rings is 1. The molecule has 1 aromatic heterocycles. The van der Waals surface area contributed by atoms with E-state index in [0.717, 1.165) is 20.9 Å². The van der Waals surface area contributed by atoms with E-state index in [0.29, 0.717) is 17.7 Å². The number of rotatable bonds is 5. The average molecular weight is 375 g/mol. The fraction of sp³-hybridized carbons (Fsp3) is 0.400. The lowest BCUT2D eigenvalue weighted by Gasteiger charge is -2.17. The number of carbonyl (C=O) groups excluding carboxylic acids is 2. The van der Waals surface area contributed by atoms with Crippen molar-refractivity contribution in [2.24, 2.45) is 5.41 Å². The van der Waals surface area contributed by atoms with Gasteiger partial charge in [-0.25, -0.2) is 4.79 Å². The van der Waals surface area contributed by atoms with E-state index in [2.05, 4.69) is 0 Å². The summed E-state index contributed by atoms with van der Waals surface area (Å²) >= 11 is 1.50. The topological polar surface area (TPSA) is 78.6 Å². The molecule has 0 saturated carbocycles. The number of ether oxygens (including phenoxy) is 2. The molecule has 140 valence electrons. The third-order valence-electron chi connectivity index (χ3n) is 4.00. The third kappa shape index (κ3) is 4.43. The zero-order valence-corrected chi connectivity index (χ0v) is 16.7. The molecule has 5 nitrogen and oxygen atoms in total. The molecule has 2 N–H and O–H groups in total. The molecule has 0 amide bonds. The first-order chi connectivity index (χ1) is 12.1. The highest BCUT2D eigenvalue weighted by atomic mass is 32.1. The maximum Gasteiger partial charge on any atom is 0.338 e. The maximum atomic E-state index is 11.9. The minimum Gasteiger partial charge on any atom is -0.465 e. The van der Waals surface area contributed by atoms with Crippen LogP contribution in [0.25, 0.3) is 10.4 Å². The number of esters is 2. The van der Waals surface area contributed by atoms with Crippen molar-refractivity contribution in [2.75, 3.05) is 19.5 Å². The fourth-order valence-electron chi connectivity index (χ4n) is 2.44. The van der Waals surface area contributed by atoms with Gasteiger partial charge in [0, 0.05) is 27.4 Å². The molecule has 0 radical (unpaired) electrons. The second-order valence-electron chi connectivity index (χ2n) is 7.09. The van der Waals surface area contributed by atoms with Gasteiger partial charge in [0.2, 0.25) is 0 Å². The highest BCUT2D eigenvalue weighted by molar-refractivity contribution is 7.15. The van der Waals surface area contributed by atoms with Crippen molar-refractivity contribution in [3.8, 4) is 10.4 Å². The number of aryl methyl sites for hydroxylation is 1. The van der Waals surface area contributed by atoms with Crippen molar-refractivity contribution in [1.82, 2.24) is 0 Å². The van der Waals surface area contributed by atoms with Gasteiger partial charge in [0.25, 0.3) is 0 Å². The first-order valence-corrected chi connectivity index (χ1v) is 9.20. The number of para-hydroxylation sites is 1. The minimum atomic E-state index is -0.522. The molecule has 2 aromatic rings. The summed E-state index contributed by atoms with van der Waals surface area (Å²) in [6.07, 6.45) is 0.537. The molecule has 0 fully saturated rings. The lowest BCUT2D eigenvalue weighted by molar-refractivity contribution is -0.152. The van der Waals surface area contributed by atoms with E-state index >= 15 is 0 Å². The van der Waals surface area contributed by atoms with Gasteiger partial charge in [-0.05, 0) is 39.3 Å². The van der Waals surface area contributed by atoms with Crippen molar-refractivity contribution < 1.29 is 19.1 Å². The first-order valence-electron chi connectivity index (χ1n) is 8.39. The van der Waals surface area contributed by atoms with E-state index in [1.165, 1.54) is 18.4 Å². The van der Waals surface area contributed by atoms with Crippen LogP contribution in [-0.2, 0) is 20.7 Å². The second-order valence-corrected chi connectivity index (χ2v) is 8.34. The van der Waals surface area contributed by atoms with Crippen LogP contribution >= 0.6 is 11.3 Å². The number of hydrogen-bond acceptors (Lipinski definition) is 6. The maximum absolute atomic E-state index is 11.9. The zero-order valence-electron chi connectivity index (χ0n) is 15.8. The number of benzene rings is 1. The normalized spacial score (nSPS) is 11.3. The Labute approximate surface area is 158 Å². The third-order valence-corrected chi connectivity index (χ3v) is 5.09. The molecule has 0 atom stereocenters. The highest BCUT2D eigenvalue weighted by Crippen LogP contribution is 2.36. The van der Waals surface area contributed by atoms with Crippen LogP contribution in [0, 0.1) is 12.3 Å². The molecule has 2 rings (SSSR count). The van der Waals surface area contributed by atoms with E-state index in [1.807, 2.05) is 45.9 Å². The van der Waals surface area contributed by atoms with Crippen molar-refractivity contribution in [3.63, 3.8) is 0 Å². The summed E-state index contributed by atoms with van der Waals surface area (Å²) in [4.78, 5) is 25.5. The van der Waals surface area contributed by atoms with Gasteiger partial charge in [-0.3, -0.25) is 4.79 Å². The van der Waals surface area contributed by atoms with Crippen molar-refractivity contribution >= 4 is 29.0 Å². The number of methoxy groups -OCH3 is 1. The Kier molecular flexibility index (Phi) is 6.08. The van der Waals surface area contributed by atoms with Gasteiger partial charge < -0.3 is 15.2 Å². The van der Waals surface area contributed by atoms with Gasteiger partial charge in [-0.2, -0.15) is 0 Å². The standard InChI is InChI=1S/C20H25NO4S/c1-12-15(18(22)24-5)11-16(26-12)14-8-6-7-13(17(14)21)9-10-25-19(23)20(2,3)4/h6-8,11H,9-10,21H2,1-5H3. The smallest absolute Gasteiger partial charge is 0.338 e. The van der Waals surface area contributed by atoms with Gasteiger partial charge in [-0.1, -0.05) is 18.2 Å². The summed E-state index contributed by atoms with van der Waals surface area (Å²) in [7, 11) is 1.37. The summed E-state index contributed by atoms with van der Waals surface area (Å²) in [5.41, 5.74) is 8.78. The lowest BCUT2D eigenvalue weighted by Crippen LogP contribution is -2.23. The zero-order chi connectivity index (χ0) is 19.5. The molecule has 1 heterocycles. The quantitative estimate of drug-likeness (QED) is 0.625. The summed E-state index contributed by atoms with van der Waals surface area (Å²) in [6, 6.07) is 7.57. The number of carbonyl (C=O) groups is 2. The molecular formula is C20H25NO4S. The molecule has 0 unspecified atom stereocenters. The van der Waals surface area contributed by atoms with Crippen LogP contribution < -0.4 is 5.73 Å². The van der Waals surface area contributed by atoms with Gasteiger partial charge in [0.1, 0.15) is 0 Å². The molecule has 0 saturated heterocycles. The monoisotopic (exact) mass is 375 g/mol. The Hall–Kier alpha value is -2.34. The Morgan fingerprint density at radius 3 is 2.54 bits per heavy atom. The molecule has 1 aromatic carbocycles. The molecule has 0 bridgehead atoms. The minimum absolute atomic E-state index is 0.233. The van der Waals surface area contributed by atoms with Crippen molar-refractivity contribution in [2.45, 2.75) is 34.1 Å². The summed E-state index contributed by atoms with van der Waals surface area (Å²) in [5.74, 6) is -0.586. The highest BCUT2D eigenvalue weighted by Gasteiger charge is 2.23. The van der Waals surface area contributed by atoms with Gasteiger partial charge in [-0.15, -0.1) is 11.3 Å². The Bertz CT molecular complexity index is 818. The van der Waals surface area contributed by atoms with Crippen LogP contribution in [0.5, 0.6) is 0 Å². The number of nitrogen functional groups attached to an aromatic ring is 1. The SMILES string of the molecule is COC(=O)c1cc(-c2cccc(CCOC(=O)C(C)(C)C)c2N)sc1C.